The highest BCUT2D eigenvalue weighted by molar-refractivity contribution is 5.76. The van der Waals surface area contributed by atoms with Gasteiger partial charge in [0.15, 0.2) is 0 Å². The summed E-state index contributed by atoms with van der Waals surface area (Å²) in [6, 6.07) is -0.219. The average Bonchev–Trinajstić information content (AvgIpc) is 2.74. The molecule has 1 rings (SSSR count). The van der Waals surface area contributed by atoms with E-state index in [2.05, 4.69) is 19.2 Å². The number of likely N-dealkylation sites (tertiary alicyclic amines) is 1. The number of carboxylic acids is 1. The van der Waals surface area contributed by atoms with Crippen molar-refractivity contribution in [2.75, 3.05) is 6.54 Å². The zero-order valence-electron chi connectivity index (χ0n) is 13.3. The number of hydrogen-bond donors (Lipinski definition) is 2. The molecule has 1 saturated heterocycles. The van der Waals surface area contributed by atoms with Crippen LogP contribution < -0.4 is 5.32 Å². The van der Waals surface area contributed by atoms with Crippen LogP contribution in [0.5, 0.6) is 0 Å². The van der Waals surface area contributed by atoms with Crippen molar-refractivity contribution >= 4 is 12.0 Å². The second-order valence-electron chi connectivity index (χ2n) is 7.11. The molecule has 0 aromatic carbocycles. The van der Waals surface area contributed by atoms with Crippen LogP contribution in [-0.2, 0) is 4.79 Å². The van der Waals surface area contributed by atoms with Crippen LogP contribution in [0.15, 0.2) is 0 Å². The van der Waals surface area contributed by atoms with Gasteiger partial charge in [-0.15, -0.1) is 0 Å². The van der Waals surface area contributed by atoms with Crippen molar-refractivity contribution in [1.29, 1.82) is 0 Å². The van der Waals surface area contributed by atoms with Gasteiger partial charge in [-0.3, -0.25) is 4.79 Å². The van der Waals surface area contributed by atoms with Crippen molar-refractivity contribution < 1.29 is 14.7 Å². The molecule has 1 aliphatic rings. The lowest BCUT2D eigenvalue weighted by molar-refractivity contribution is -0.138. The monoisotopic (exact) mass is 284 g/mol. The molecule has 5 nitrogen and oxygen atoms in total. The van der Waals surface area contributed by atoms with Crippen molar-refractivity contribution in [1.82, 2.24) is 10.2 Å². The van der Waals surface area contributed by atoms with E-state index in [-0.39, 0.29) is 30.0 Å². The zero-order valence-corrected chi connectivity index (χ0v) is 13.3. The third kappa shape index (κ3) is 4.39. The molecule has 0 aromatic heterocycles. The van der Waals surface area contributed by atoms with Crippen molar-refractivity contribution in [3.05, 3.63) is 0 Å². The minimum absolute atomic E-state index is 0.0462. The summed E-state index contributed by atoms with van der Waals surface area (Å²) in [6.45, 7) is 10.8. The lowest BCUT2D eigenvalue weighted by atomic mass is 9.85. The molecule has 0 saturated carbocycles. The number of urea groups is 1. The van der Waals surface area contributed by atoms with Gasteiger partial charge in [0.2, 0.25) is 0 Å². The van der Waals surface area contributed by atoms with E-state index in [1.54, 1.807) is 0 Å². The molecule has 2 amide bonds. The molecule has 116 valence electrons. The van der Waals surface area contributed by atoms with Crippen LogP contribution >= 0.6 is 0 Å². The molecule has 0 bridgehead atoms. The smallest absolute Gasteiger partial charge is 0.317 e. The van der Waals surface area contributed by atoms with E-state index >= 15 is 0 Å². The predicted molar refractivity (Wildman–Crippen MR) is 78.6 cm³/mol. The molecule has 0 aliphatic carbocycles. The van der Waals surface area contributed by atoms with E-state index < -0.39 is 5.97 Å². The number of carbonyl (C=O) groups is 2. The Bertz CT molecular complexity index is 361. The van der Waals surface area contributed by atoms with Gasteiger partial charge in [0, 0.05) is 18.6 Å². The Hall–Kier alpha value is -1.26. The SMILES string of the molecule is CC(C)C1CCCN1C(=O)NC(CC(=O)O)C(C)(C)C. The molecule has 1 aliphatic heterocycles. The van der Waals surface area contributed by atoms with Crippen LogP contribution in [-0.4, -0.2) is 40.6 Å². The second kappa shape index (κ2) is 6.46. The molecule has 0 radical (unpaired) electrons. The summed E-state index contributed by atoms with van der Waals surface area (Å²) in [5, 5.41) is 11.9. The molecular formula is C15H28N2O3. The number of rotatable bonds is 4. The number of nitrogens with zero attached hydrogens (tertiary/aromatic N) is 1. The van der Waals surface area contributed by atoms with Gasteiger partial charge in [0.05, 0.1) is 6.42 Å². The molecule has 0 spiro atoms. The molecular weight excluding hydrogens is 256 g/mol. The molecule has 2 unspecified atom stereocenters. The second-order valence-corrected chi connectivity index (χ2v) is 7.11. The van der Waals surface area contributed by atoms with Gasteiger partial charge in [-0.1, -0.05) is 34.6 Å². The highest BCUT2D eigenvalue weighted by Gasteiger charge is 2.34. The van der Waals surface area contributed by atoms with Crippen molar-refractivity contribution in [3.63, 3.8) is 0 Å². The topological polar surface area (TPSA) is 69.6 Å². The average molecular weight is 284 g/mol. The van der Waals surface area contributed by atoms with E-state index in [0.717, 1.165) is 19.4 Å². The van der Waals surface area contributed by atoms with Gasteiger partial charge in [0.1, 0.15) is 0 Å². The fraction of sp³-hybridized carbons (Fsp3) is 0.867. The fourth-order valence-electron chi connectivity index (χ4n) is 2.72. The summed E-state index contributed by atoms with van der Waals surface area (Å²) in [6.07, 6.45) is 2.01. The van der Waals surface area contributed by atoms with Gasteiger partial charge in [0.25, 0.3) is 0 Å². The van der Waals surface area contributed by atoms with E-state index in [1.807, 2.05) is 25.7 Å². The van der Waals surface area contributed by atoms with Gasteiger partial charge < -0.3 is 15.3 Å². The first-order valence-corrected chi connectivity index (χ1v) is 7.42. The van der Waals surface area contributed by atoms with Gasteiger partial charge in [-0.05, 0) is 24.2 Å². The Morgan fingerprint density at radius 2 is 1.95 bits per heavy atom. The number of hydrogen-bond acceptors (Lipinski definition) is 2. The van der Waals surface area contributed by atoms with E-state index in [9.17, 15) is 9.59 Å². The predicted octanol–water partition coefficient (Wildman–Crippen LogP) is 2.71. The highest BCUT2D eigenvalue weighted by Crippen LogP contribution is 2.26. The maximum Gasteiger partial charge on any atom is 0.317 e. The van der Waals surface area contributed by atoms with Crippen molar-refractivity contribution in [3.8, 4) is 0 Å². The van der Waals surface area contributed by atoms with Crippen LogP contribution in [0.3, 0.4) is 0 Å². The lowest BCUT2D eigenvalue weighted by Gasteiger charge is -2.34. The third-order valence-corrected chi connectivity index (χ3v) is 4.05. The molecule has 20 heavy (non-hydrogen) atoms. The normalized spacial score (nSPS) is 21.1. The molecule has 1 fully saturated rings. The Morgan fingerprint density at radius 1 is 1.35 bits per heavy atom. The third-order valence-electron chi connectivity index (χ3n) is 4.05. The van der Waals surface area contributed by atoms with Crippen LogP contribution in [0.1, 0.15) is 53.9 Å². The van der Waals surface area contributed by atoms with Gasteiger partial charge >= 0.3 is 12.0 Å². The molecule has 2 N–H and O–H groups in total. The van der Waals surface area contributed by atoms with Crippen LogP contribution in [0, 0.1) is 11.3 Å². The van der Waals surface area contributed by atoms with Crippen LogP contribution in [0.2, 0.25) is 0 Å². The Labute approximate surface area is 121 Å². The highest BCUT2D eigenvalue weighted by atomic mass is 16.4. The number of nitrogens with one attached hydrogen (secondary N) is 1. The molecule has 2 atom stereocenters. The van der Waals surface area contributed by atoms with E-state index in [0.29, 0.717) is 5.92 Å². The van der Waals surface area contributed by atoms with Crippen LogP contribution in [0.4, 0.5) is 4.79 Å². The first-order chi connectivity index (χ1) is 9.12. The Morgan fingerprint density at radius 3 is 2.40 bits per heavy atom. The summed E-state index contributed by atoms with van der Waals surface area (Å²) in [4.78, 5) is 25.3. The summed E-state index contributed by atoms with van der Waals surface area (Å²) < 4.78 is 0. The summed E-state index contributed by atoms with van der Waals surface area (Å²) in [5.74, 6) is -0.456. The molecule has 0 aromatic rings. The van der Waals surface area contributed by atoms with E-state index in [1.165, 1.54) is 0 Å². The summed E-state index contributed by atoms with van der Waals surface area (Å²) in [5.41, 5.74) is -0.277. The first-order valence-electron chi connectivity index (χ1n) is 7.42. The largest absolute Gasteiger partial charge is 0.481 e. The molecule has 1 heterocycles. The minimum atomic E-state index is -0.882. The van der Waals surface area contributed by atoms with Crippen LogP contribution in [0.25, 0.3) is 0 Å². The number of aliphatic carboxylic acids is 1. The maximum absolute atomic E-state index is 12.4. The Balaban J connectivity index is 2.73. The zero-order chi connectivity index (χ0) is 15.5. The van der Waals surface area contributed by atoms with E-state index in [4.69, 9.17) is 5.11 Å². The number of amides is 2. The van der Waals surface area contributed by atoms with Gasteiger partial charge in [-0.2, -0.15) is 0 Å². The maximum atomic E-state index is 12.4. The fourth-order valence-corrected chi connectivity index (χ4v) is 2.72. The lowest BCUT2D eigenvalue weighted by Crippen LogP contribution is -2.52. The van der Waals surface area contributed by atoms with Gasteiger partial charge in [-0.25, -0.2) is 4.79 Å². The molecule has 5 heteroatoms. The van der Waals surface area contributed by atoms with Crippen molar-refractivity contribution in [2.45, 2.75) is 66.0 Å². The van der Waals surface area contributed by atoms with Crippen molar-refractivity contribution in [2.24, 2.45) is 11.3 Å². The minimum Gasteiger partial charge on any atom is -0.481 e. The Kier molecular flexibility index (Phi) is 5.42. The summed E-state index contributed by atoms with van der Waals surface area (Å²) in [7, 11) is 0. The number of carbonyl (C=O) groups excluding carboxylic acids is 1. The quantitative estimate of drug-likeness (QED) is 0.834. The first kappa shape index (κ1) is 16.8. The number of carboxylic acid groups (broad SMARTS) is 1. The standard InChI is InChI=1S/C15H28N2O3/c1-10(2)11-7-6-8-17(11)14(20)16-12(9-13(18)19)15(3,4)5/h10-12H,6-9H2,1-5H3,(H,16,20)(H,18,19). The summed E-state index contributed by atoms with van der Waals surface area (Å²) >= 11 is 0.